The maximum absolute atomic E-state index is 11.9. The molecule has 1 atom stereocenters. The summed E-state index contributed by atoms with van der Waals surface area (Å²) in [7, 11) is 3.57. The van der Waals surface area contributed by atoms with Crippen molar-refractivity contribution in [2.24, 2.45) is 10.9 Å². The van der Waals surface area contributed by atoms with Crippen LogP contribution in [0.15, 0.2) is 4.99 Å². The Morgan fingerprint density at radius 1 is 1.47 bits per heavy atom. The van der Waals surface area contributed by atoms with E-state index in [-0.39, 0.29) is 6.09 Å². The number of amides is 1. The van der Waals surface area contributed by atoms with Crippen molar-refractivity contribution in [1.29, 1.82) is 0 Å². The van der Waals surface area contributed by atoms with Crippen molar-refractivity contribution >= 4 is 12.1 Å². The fourth-order valence-electron chi connectivity index (χ4n) is 2.01. The highest BCUT2D eigenvalue weighted by Gasteiger charge is 2.29. The molecule has 0 spiro atoms. The molecule has 0 aromatic rings. The number of nitrogens with one attached hydrogen (secondary N) is 2. The standard InChI is InChI=1S/C13H26N4O2/c1-13(2,3)19-12(18)17-7-6-10(9-17)8-16-11(14-4)15-5/h10H,6-9H2,1-5H3,(H2,14,15,16). The fraction of sp³-hybridized carbons (Fsp3) is 0.846. The largest absolute Gasteiger partial charge is 0.444 e. The van der Waals surface area contributed by atoms with Crippen LogP contribution in [0.5, 0.6) is 0 Å². The van der Waals surface area contributed by atoms with Crippen molar-refractivity contribution in [2.75, 3.05) is 33.7 Å². The average molecular weight is 270 g/mol. The Labute approximate surface area is 115 Å². The number of aliphatic imine (C=N–C) groups is 1. The topological polar surface area (TPSA) is 66.0 Å². The summed E-state index contributed by atoms with van der Waals surface area (Å²) in [5.41, 5.74) is -0.429. The van der Waals surface area contributed by atoms with Crippen LogP contribution in [-0.4, -0.2) is 56.3 Å². The third-order valence-electron chi connectivity index (χ3n) is 2.96. The van der Waals surface area contributed by atoms with Gasteiger partial charge in [0.2, 0.25) is 0 Å². The summed E-state index contributed by atoms with van der Waals surface area (Å²) >= 11 is 0. The molecule has 1 rings (SSSR count). The SMILES string of the molecule is CN=C(NC)NCC1CCN(C(=O)OC(C)(C)C)C1. The second-order valence-electron chi connectivity index (χ2n) is 5.78. The van der Waals surface area contributed by atoms with E-state index in [0.29, 0.717) is 5.92 Å². The average Bonchev–Trinajstić information content (AvgIpc) is 2.77. The molecule has 1 amide bonds. The Morgan fingerprint density at radius 3 is 2.68 bits per heavy atom. The van der Waals surface area contributed by atoms with Gasteiger partial charge in [-0.05, 0) is 33.1 Å². The van der Waals surface area contributed by atoms with Crippen LogP contribution in [-0.2, 0) is 4.74 Å². The molecule has 0 aromatic carbocycles. The first-order chi connectivity index (χ1) is 8.85. The van der Waals surface area contributed by atoms with Gasteiger partial charge in [0.1, 0.15) is 5.60 Å². The summed E-state index contributed by atoms with van der Waals surface area (Å²) < 4.78 is 5.37. The van der Waals surface area contributed by atoms with Gasteiger partial charge >= 0.3 is 6.09 Å². The van der Waals surface area contributed by atoms with E-state index < -0.39 is 5.60 Å². The van der Waals surface area contributed by atoms with E-state index >= 15 is 0 Å². The van der Waals surface area contributed by atoms with Crippen LogP contribution < -0.4 is 10.6 Å². The molecule has 6 nitrogen and oxygen atoms in total. The van der Waals surface area contributed by atoms with Gasteiger partial charge in [0.15, 0.2) is 5.96 Å². The third-order valence-corrected chi connectivity index (χ3v) is 2.96. The van der Waals surface area contributed by atoms with Crippen LogP contribution >= 0.6 is 0 Å². The lowest BCUT2D eigenvalue weighted by atomic mass is 10.1. The lowest BCUT2D eigenvalue weighted by molar-refractivity contribution is 0.0288. The molecular weight excluding hydrogens is 244 g/mol. The fourth-order valence-corrected chi connectivity index (χ4v) is 2.01. The Bertz CT molecular complexity index is 336. The minimum Gasteiger partial charge on any atom is -0.444 e. The minimum atomic E-state index is -0.429. The smallest absolute Gasteiger partial charge is 0.410 e. The number of hydrogen-bond acceptors (Lipinski definition) is 3. The predicted octanol–water partition coefficient (Wildman–Crippen LogP) is 1.04. The Hall–Kier alpha value is -1.46. The zero-order valence-corrected chi connectivity index (χ0v) is 12.6. The van der Waals surface area contributed by atoms with Crippen molar-refractivity contribution in [1.82, 2.24) is 15.5 Å². The lowest BCUT2D eigenvalue weighted by Gasteiger charge is -2.24. The molecule has 0 radical (unpaired) electrons. The Kier molecular flexibility index (Phi) is 5.44. The highest BCUT2D eigenvalue weighted by atomic mass is 16.6. The van der Waals surface area contributed by atoms with Crippen LogP contribution in [0.1, 0.15) is 27.2 Å². The third kappa shape index (κ3) is 5.36. The van der Waals surface area contributed by atoms with Crippen LogP contribution in [0.2, 0.25) is 0 Å². The highest BCUT2D eigenvalue weighted by Crippen LogP contribution is 2.18. The number of likely N-dealkylation sites (tertiary alicyclic amines) is 1. The van der Waals surface area contributed by atoms with Crippen LogP contribution in [0, 0.1) is 5.92 Å². The van der Waals surface area contributed by atoms with Gasteiger partial charge in [0, 0.05) is 33.7 Å². The first-order valence-electron chi connectivity index (χ1n) is 6.72. The van der Waals surface area contributed by atoms with Gasteiger partial charge in [0.25, 0.3) is 0 Å². The Morgan fingerprint density at radius 2 is 2.16 bits per heavy atom. The van der Waals surface area contributed by atoms with E-state index in [4.69, 9.17) is 4.74 Å². The normalized spacial score (nSPS) is 20.4. The molecule has 1 saturated heterocycles. The molecule has 1 unspecified atom stereocenters. The van der Waals surface area contributed by atoms with Gasteiger partial charge in [0.05, 0.1) is 0 Å². The van der Waals surface area contributed by atoms with Crippen LogP contribution in [0.4, 0.5) is 4.79 Å². The second-order valence-corrected chi connectivity index (χ2v) is 5.78. The number of carbonyl (C=O) groups is 1. The first kappa shape index (κ1) is 15.6. The van der Waals surface area contributed by atoms with E-state index in [1.165, 1.54) is 0 Å². The molecule has 1 fully saturated rings. The van der Waals surface area contributed by atoms with Crippen molar-refractivity contribution in [3.63, 3.8) is 0 Å². The monoisotopic (exact) mass is 270 g/mol. The molecule has 1 heterocycles. The van der Waals surface area contributed by atoms with E-state index in [1.807, 2.05) is 27.8 Å². The summed E-state index contributed by atoms with van der Waals surface area (Å²) in [6.07, 6.45) is 0.778. The van der Waals surface area contributed by atoms with E-state index in [2.05, 4.69) is 15.6 Å². The zero-order chi connectivity index (χ0) is 14.5. The molecule has 0 aromatic heterocycles. The maximum atomic E-state index is 11.9. The van der Waals surface area contributed by atoms with Gasteiger partial charge in [-0.2, -0.15) is 0 Å². The highest BCUT2D eigenvalue weighted by molar-refractivity contribution is 5.79. The van der Waals surface area contributed by atoms with Crippen LogP contribution in [0.25, 0.3) is 0 Å². The Balaban J connectivity index is 2.35. The van der Waals surface area contributed by atoms with E-state index in [0.717, 1.165) is 32.0 Å². The van der Waals surface area contributed by atoms with E-state index in [9.17, 15) is 4.79 Å². The number of carbonyl (C=O) groups excluding carboxylic acids is 1. The maximum Gasteiger partial charge on any atom is 0.410 e. The number of ether oxygens (including phenoxy) is 1. The molecule has 1 aliphatic rings. The van der Waals surface area contributed by atoms with E-state index in [1.54, 1.807) is 11.9 Å². The quantitative estimate of drug-likeness (QED) is 0.581. The van der Waals surface area contributed by atoms with Crippen molar-refractivity contribution in [3.05, 3.63) is 0 Å². The first-order valence-corrected chi connectivity index (χ1v) is 6.72. The van der Waals surface area contributed by atoms with Gasteiger partial charge in [-0.25, -0.2) is 4.79 Å². The van der Waals surface area contributed by atoms with Gasteiger partial charge in [-0.1, -0.05) is 0 Å². The van der Waals surface area contributed by atoms with Crippen molar-refractivity contribution < 1.29 is 9.53 Å². The lowest BCUT2D eigenvalue weighted by Crippen LogP contribution is -2.39. The summed E-state index contributed by atoms with van der Waals surface area (Å²) in [6, 6.07) is 0. The summed E-state index contributed by atoms with van der Waals surface area (Å²) in [5, 5.41) is 6.20. The zero-order valence-electron chi connectivity index (χ0n) is 12.6. The number of guanidine groups is 1. The van der Waals surface area contributed by atoms with Gasteiger partial charge in [-0.15, -0.1) is 0 Å². The molecule has 19 heavy (non-hydrogen) atoms. The second kappa shape index (κ2) is 6.63. The van der Waals surface area contributed by atoms with Crippen LogP contribution in [0.3, 0.4) is 0 Å². The minimum absolute atomic E-state index is 0.215. The molecular formula is C13H26N4O2. The summed E-state index contributed by atoms with van der Waals surface area (Å²) in [5.74, 6) is 1.22. The van der Waals surface area contributed by atoms with Crippen molar-refractivity contribution in [3.8, 4) is 0 Å². The molecule has 110 valence electrons. The number of rotatable bonds is 2. The molecule has 0 aliphatic carbocycles. The number of hydrogen-bond donors (Lipinski definition) is 2. The predicted molar refractivity (Wildman–Crippen MR) is 76.3 cm³/mol. The van der Waals surface area contributed by atoms with Crippen molar-refractivity contribution in [2.45, 2.75) is 32.8 Å². The molecule has 2 N–H and O–H groups in total. The molecule has 0 bridgehead atoms. The molecule has 6 heteroatoms. The summed E-state index contributed by atoms with van der Waals surface area (Å²) in [6.45, 7) is 7.97. The molecule has 0 saturated carbocycles. The van der Waals surface area contributed by atoms with Gasteiger partial charge < -0.3 is 20.3 Å². The molecule has 1 aliphatic heterocycles. The number of nitrogens with zero attached hydrogens (tertiary/aromatic N) is 2. The summed E-state index contributed by atoms with van der Waals surface area (Å²) in [4.78, 5) is 17.7. The van der Waals surface area contributed by atoms with Gasteiger partial charge in [-0.3, -0.25) is 4.99 Å².